The van der Waals surface area contributed by atoms with Crippen molar-refractivity contribution in [1.82, 2.24) is 0 Å². The normalized spacial score (nSPS) is 17.6. The average molecular weight is 456 g/mol. The van der Waals surface area contributed by atoms with E-state index in [9.17, 15) is 19.8 Å². The van der Waals surface area contributed by atoms with Gasteiger partial charge in [-0.2, -0.15) is 0 Å². The highest BCUT2D eigenvalue weighted by molar-refractivity contribution is 6.51. The minimum Gasteiger partial charge on any atom is -0.508 e. The first-order valence-corrected chi connectivity index (χ1v) is 10.7. The maximum absolute atomic E-state index is 13.2. The number of anilines is 1. The van der Waals surface area contributed by atoms with Crippen molar-refractivity contribution in [1.29, 1.82) is 0 Å². The summed E-state index contributed by atoms with van der Waals surface area (Å²) in [5, 5.41) is 23.7. The number of nitrogens with zero attached hydrogens (tertiary/aromatic N) is 1. The van der Waals surface area contributed by atoms with Crippen LogP contribution >= 0.6 is 11.6 Å². The first kappa shape index (κ1) is 20.8. The van der Waals surface area contributed by atoms with Crippen LogP contribution in [0.15, 0.2) is 96.6 Å². The SMILES string of the molecule is O=C1C(=O)N(c2ccc(Cl)cc2)C(c2cccc(O)c2)/C1=C(/O)c1ccc2ccccc2c1. The Balaban J connectivity index is 1.73. The fraction of sp³-hybridized carbons (Fsp3) is 0.0370. The summed E-state index contributed by atoms with van der Waals surface area (Å²) in [7, 11) is 0. The van der Waals surface area contributed by atoms with Gasteiger partial charge in [0.1, 0.15) is 11.5 Å². The number of phenolic OH excluding ortho intramolecular Hbond substituents is 1. The van der Waals surface area contributed by atoms with Crippen LogP contribution in [0, 0.1) is 0 Å². The Morgan fingerprint density at radius 1 is 0.818 bits per heavy atom. The number of amides is 1. The summed E-state index contributed by atoms with van der Waals surface area (Å²) in [6, 6.07) is 24.9. The predicted molar refractivity (Wildman–Crippen MR) is 128 cm³/mol. The molecule has 0 aromatic heterocycles. The van der Waals surface area contributed by atoms with E-state index in [0.29, 0.717) is 21.8 Å². The Morgan fingerprint density at radius 3 is 2.27 bits per heavy atom. The summed E-state index contributed by atoms with van der Waals surface area (Å²) in [5.74, 6) is -1.86. The molecule has 162 valence electrons. The third kappa shape index (κ3) is 3.62. The number of halogens is 1. The lowest BCUT2D eigenvalue weighted by Gasteiger charge is -2.25. The van der Waals surface area contributed by atoms with Gasteiger partial charge in [0.25, 0.3) is 11.7 Å². The first-order chi connectivity index (χ1) is 15.9. The topological polar surface area (TPSA) is 77.8 Å². The molecule has 6 heteroatoms. The molecule has 1 fully saturated rings. The molecule has 0 saturated carbocycles. The highest BCUT2D eigenvalue weighted by Crippen LogP contribution is 2.43. The van der Waals surface area contributed by atoms with Gasteiger partial charge in [-0.25, -0.2) is 0 Å². The molecule has 5 nitrogen and oxygen atoms in total. The second-order valence-electron chi connectivity index (χ2n) is 7.80. The number of phenols is 1. The number of fused-ring (bicyclic) bond motifs is 1. The van der Waals surface area contributed by atoms with Crippen molar-refractivity contribution in [3.05, 3.63) is 113 Å². The second kappa shape index (κ2) is 8.11. The van der Waals surface area contributed by atoms with Crippen molar-refractivity contribution >= 4 is 45.5 Å². The number of benzene rings is 4. The van der Waals surface area contributed by atoms with Crippen LogP contribution in [-0.4, -0.2) is 21.9 Å². The number of aliphatic hydroxyl groups excluding tert-OH is 1. The van der Waals surface area contributed by atoms with E-state index in [-0.39, 0.29) is 17.1 Å². The molecule has 33 heavy (non-hydrogen) atoms. The van der Waals surface area contributed by atoms with Crippen LogP contribution in [0.2, 0.25) is 5.02 Å². The van der Waals surface area contributed by atoms with Crippen LogP contribution in [-0.2, 0) is 9.59 Å². The van der Waals surface area contributed by atoms with Gasteiger partial charge < -0.3 is 10.2 Å². The Labute approximate surface area is 194 Å². The van der Waals surface area contributed by atoms with Gasteiger partial charge >= 0.3 is 0 Å². The van der Waals surface area contributed by atoms with Crippen LogP contribution in [0.1, 0.15) is 17.2 Å². The van der Waals surface area contributed by atoms with Gasteiger partial charge in [0, 0.05) is 16.3 Å². The fourth-order valence-corrected chi connectivity index (χ4v) is 4.33. The third-order valence-electron chi connectivity index (χ3n) is 5.76. The number of carbonyl (C=O) groups is 2. The highest BCUT2D eigenvalue weighted by atomic mass is 35.5. The van der Waals surface area contributed by atoms with E-state index in [1.165, 1.54) is 17.0 Å². The van der Waals surface area contributed by atoms with Crippen LogP contribution in [0.5, 0.6) is 5.75 Å². The van der Waals surface area contributed by atoms with Crippen molar-refractivity contribution < 1.29 is 19.8 Å². The number of ketones is 1. The molecule has 5 rings (SSSR count). The molecule has 4 aromatic carbocycles. The molecular formula is C27H18ClNO4. The molecule has 1 atom stereocenters. The molecule has 4 aromatic rings. The van der Waals surface area contributed by atoms with Gasteiger partial charge in [-0.3, -0.25) is 14.5 Å². The zero-order valence-corrected chi connectivity index (χ0v) is 18.0. The lowest BCUT2D eigenvalue weighted by atomic mass is 9.94. The zero-order valence-electron chi connectivity index (χ0n) is 17.3. The Morgan fingerprint density at radius 2 is 1.55 bits per heavy atom. The van der Waals surface area contributed by atoms with Crippen molar-refractivity contribution in [2.45, 2.75) is 6.04 Å². The van der Waals surface area contributed by atoms with Crippen LogP contribution in [0.3, 0.4) is 0 Å². The molecule has 1 aliphatic rings. The van der Waals surface area contributed by atoms with Crippen LogP contribution < -0.4 is 4.90 Å². The molecule has 0 bridgehead atoms. The minimum atomic E-state index is -0.926. The lowest BCUT2D eigenvalue weighted by molar-refractivity contribution is -0.132. The van der Waals surface area contributed by atoms with Crippen molar-refractivity contribution in [2.75, 3.05) is 4.90 Å². The smallest absolute Gasteiger partial charge is 0.300 e. The second-order valence-corrected chi connectivity index (χ2v) is 8.24. The van der Waals surface area contributed by atoms with E-state index < -0.39 is 17.7 Å². The Hall–Kier alpha value is -4.09. The van der Waals surface area contributed by atoms with Crippen molar-refractivity contribution in [3.8, 4) is 5.75 Å². The van der Waals surface area contributed by atoms with E-state index in [2.05, 4.69) is 0 Å². The summed E-state index contributed by atoms with van der Waals surface area (Å²) in [4.78, 5) is 27.7. The monoisotopic (exact) mass is 455 g/mol. The molecular weight excluding hydrogens is 438 g/mol. The summed E-state index contributed by atoms with van der Waals surface area (Å²) < 4.78 is 0. The van der Waals surface area contributed by atoms with Crippen molar-refractivity contribution in [2.24, 2.45) is 0 Å². The summed E-state index contributed by atoms with van der Waals surface area (Å²) >= 11 is 6.01. The van der Waals surface area contributed by atoms with Crippen LogP contribution in [0.25, 0.3) is 16.5 Å². The number of aromatic hydroxyl groups is 1. The molecule has 0 spiro atoms. The average Bonchev–Trinajstić information content (AvgIpc) is 3.09. The number of Topliss-reactive ketones (excluding diaryl/α,β-unsaturated/α-hetero) is 1. The summed E-state index contributed by atoms with van der Waals surface area (Å²) in [6.07, 6.45) is 0. The number of carbonyl (C=O) groups excluding carboxylic acids is 2. The molecule has 1 saturated heterocycles. The summed E-state index contributed by atoms with van der Waals surface area (Å²) in [6.45, 7) is 0. The van der Waals surface area contributed by atoms with Gasteiger partial charge in [-0.05, 0) is 58.8 Å². The number of hydrogen-bond acceptors (Lipinski definition) is 4. The van der Waals surface area contributed by atoms with E-state index in [0.717, 1.165) is 10.8 Å². The molecule has 0 radical (unpaired) electrons. The predicted octanol–water partition coefficient (Wildman–Crippen LogP) is 5.83. The molecule has 1 amide bonds. The molecule has 1 unspecified atom stereocenters. The number of hydrogen-bond donors (Lipinski definition) is 2. The maximum atomic E-state index is 13.2. The maximum Gasteiger partial charge on any atom is 0.300 e. The molecule has 2 N–H and O–H groups in total. The minimum absolute atomic E-state index is 0.0140. The van der Waals surface area contributed by atoms with Gasteiger partial charge in [0.2, 0.25) is 0 Å². The van der Waals surface area contributed by atoms with Gasteiger partial charge in [-0.15, -0.1) is 0 Å². The molecule has 1 aliphatic heterocycles. The Bertz CT molecular complexity index is 1440. The first-order valence-electron chi connectivity index (χ1n) is 10.3. The van der Waals surface area contributed by atoms with Gasteiger partial charge in [0.15, 0.2) is 0 Å². The largest absolute Gasteiger partial charge is 0.508 e. The van der Waals surface area contributed by atoms with Crippen LogP contribution in [0.4, 0.5) is 5.69 Å². The quantitative estimate of drug-likeness (QED) is 0.231. The van der Waals surface area contributed by atoms with E-state index >= 15 is 0 Å². The number of aliphatic hydroxyl groups is 1. The number of rotatable bonds is 3. The van der Waals surface area contributed by atoms with E-state index in [1.54, 1.807) is 48.5 Å². The molecule has 0 aliphatic carbocycles. The fourth-order valence-electron chi connectivity index (χ4n) is 4.20. The molecule has 1 heterocycles. The van der Waals surface area contributed by atoms with Gasteiger partial charge in [0.05, 0.1) is 11.6 Å². The third-order valence-corrected chi connectivity index (χ3v) is 6.01. The van der Waals surface area contributed by atoms with E-state index in [1.807, 2.05) is 30.3 Å². The highest BCUT2D eigenvalue weighted by Gasteiger charge is 2.47. The zero-order chi connectivity index (χ0) is 23.1. The van der Waals surface area contributed by atoms with Gasteiger partial charge in [-0.1, -0.05) is 60.1 Å². The summed E-state index contributed by atoms with van der Waals surface area (Å²) in [5.41, 5.74) is 1.32. The lowest BCUT2D eigenvalue weighted by Crippen LogP contribution is -2.29. The van der Waals surface area contributed by atoms with E-state index in [4.69, 9.17) is 11.6 Å². The Kier molecular flexibility index (Phi) is 5.11. The standard InChI is InChI=1S/C27H18ClNO4/c28-20-10-12-21(13-11-20)29-24(18-6-3-7-22(30)15-18)23(26(32)27(29)33)25(31)19-9-8-16-4-1-2-5-17(16)14-19/h1-15,24,30-31H/b25-23-. The van der Waals surface area contributed by atoms with Crippen molar-refractivity contribution in [3.63, 3.8) is 0 Å².